The van der Waals surface area contributed by atoms with Gasteiger partial charge in [0.25, 0.3) is 0 Å². The van der Waals surface area contributed by atoms with Crippen LogP contribution in [0.15, 0.2) is 40.3 Å². The van der Waals surface area contributed by atoms with Crippen LogP contribution in [0.2, 0.25) is 0 Å². The molecule has 16 heavy (non-hydrogen) atoms. The molecule has 0 N–H and O–H groups in total. The van der Waals surface area contributed by atoms with E-state index >= 15 is 0 Å². The Kier molecular flexibility index (Phi) is 3.19. The number of rotatable bonds is 2. The Labute approximate surface area is 99.1 Å². The van der Waals surface area contributed by atoms with Gasteiger partial charge in [-0.25, -0.2) is 4.79 Å². The van der Waals surface area contributed by atoms with E-state index in [1.807, 2.05) is 36.2 Å². The Hall–Kier alpha value is -1.42. The number of anilines is 1. The van der Waals surface area contributed by atoms with Crippen LogP contribution >= 0.6 is 11.8 Å². The van der Waals surface area contributed by atoms with Gasteiger partial charge in [-0.2, -0.15) is 0 Å². The van der Waals surface area contributed by atoms with E-state index in [4.69, 9.17) is 4.74 Å². The van der Waals surface area contributed by atoms with E-state index in [2.05, 4.69) is 0 Å². The Morgan fingerprint density at radius 1 is 1.50 bits per heavy atom. The first-order valence-electron chi connectivity index (χ1n) is 5.11. The van der Waals surface area contributed by atoms with Gasteiger partial charge in [0.2, 0.25) is 0 Å². The highest BCUT2D eigenvalue weighted by atomic mass is 32.2. The van der Waals surface area contributed by atoms with E-state index in [0.29, 0.717) is 6.61 Å². The van der Waals surface area contributed by atoms with E-state index in [0.717, 1.165) is 10.7 Å². The minimum Gasteiger partial charge on any atom is -0.463 e. The molecule has 1 aliphatic rings. The minimum atomic E-state index is -0.287. The van der Waals surface area contributed by atoms with Crippen LogP contribution in [0.4, 0.5) is 5.69 Å². The Balaban J connectivity index is 2.21. The van der Waals surface area contributed by atoms with Gasteiger partial charge in [0.15, 0.2) is 0 Å². The van der Waals surface area contributed by atoms with Crippen molar-refractivity contribution in [3.05, 3.63) is 35.4 Å². The molecular formula is C12H13NO2S. The summed E-state index contributed by atoms with van der Waals surface area (Å²) in [6.07, 6.45) is 1.54. The van der Waals surface area contributed by atoms with Crippen LogP contribution in [-0.2, 0) is 9.53 Å². The molecule has 3 nitrogen and oxygen atoms in total. The second-order valence-electron chi connectivity index (χ2n) is 3.36. The molecule has 2 rings (SSSR count). The summed E-state index contributed by atoms with van der Waals surface area (Å²) in [5.74, 6) is -0.287. The second-order valence-corrected chi connectivity index (χ2v) is 4.43. The zero-order chi connectivity index (χ0) is 11.5. The van der Waals surface area contributed by atoms with Crippen molar-refractivity contribution in [2.24, 2.45) is 0 Å². The summed E-state index contributed by atoms with van der Waals surface area (Å²) < 4.78 is 4.90. The third kappa shape index (κ3) is 2.07. The molecule has 0 saturated heterocycles. The number of hydrogen-bond acceptors (Lipinski definition) is 4. The molecule has 0 atom stereocenters. The molecule has 0 amide bonds. The number of esters is 1. The van der Waals surface area contributed by atoms with Crippen molar-refractivity contribution in [1.82, 2.24) is 0 Å². The second kappa shape index (κ2) is 4.61. The molecule has 0 aliphatic carbocycles. The van der Waals surface area contributed by atoms with Crippen molar-refractivity contribution < 1.29 is 9.53 Å². The number of nitrogens with zero attached hydrogens (tertiary/aromatic N) is 1. The number of hydrogen-bond donors (Lipinski definition) is 0. The van der Waals surface area contributed by atoms with Gasteiger partial charge < -0.3 is 9.64 Å². The molecule has 1 aromatic carbocycles. The number of thioether (sulfide) groups is 1. The summed E-state index contributed by atoms with van der Waals surface area (Å²) in [7, 11) is 1.95. The first-order chi connectivity index (χ1) is 7.72. The highest BCUT2D eigenvalue weighted by Gasteiger charge is 2.22. The number of carbonyl (C=O) groups excluding carboxylic acids is 1. The summed E-state index contributed by atoms with van der Waals surface area (Å²) >= 11 is 1.58. The summed E-state index contributed by atoms with van der Waals surface area (Å²) in [6, 6.07) is 8.06. The van der Waals surface area contributed by atoms with Gasteiger partial charge in [0.1, 0.15) is 0 Å². The number of benzene rings is 1. The zero-order valence-corrected chi connectivity index (χ0v) is 10.1. The highest BCUT2D eigenvalue weighted by molar-refractivity contribution is 8.03. The van der Waals surface area contributed by atoms with Gasteiger partial charge in [-0.05, 0) is 19.1 Å². The van der Waals surface area contributed by atoms with E-state index < -0.39 is 0 Å². The van der Waals surface area contributed by atoms with E-state index in [1.165, 1.54) is 11.0 Å². The molecule has 1 aliphatic heterocycles. The standard InChI is InChI=1S/C12H13NO2S/c1-3-15-12(14)8-11-13(2)9-6-4-5-7-10(9)16-11/h4-8H,3H2,1-2H3. The molecule has 0 aromatic heterocycles. The monoisotopic (exact) mass is 235 g/mol. The van der Waals surface area contributed by atoms with E-state index in [1.54, 1.807) is 18.7 Å². The predicted molar refractivity (Wildman–Crippen MR) is 65.4 cm³/mol. The van der Waals surface area contributed by atoms with Crippen LogP contribution < -0.4 is 4.90 Å². The SMILES string of the molecule is CCOC(=O)C=C1Sc2ccccc2N1C. The van der Waals surface area contributed by atoms with Crippen LogP contribution in [0.1, 0.15) is 6.92 Å². The van der Waals surface area contributed by atoms with Gasteiger partial charge >= 0.3 is 5.97 Å². The lowest BCUT2D eigenvalue weighted by atomic mass is 10.3. The maximum absolute atomic E-state index is 11.4. The molecule has 0 bridgehead atoms. The lowest BCUT2D eigenvalue weighted by Crippen LogP contribution is -2.12. The van der Waals surface area contributed by atoms with Gasteiger partial charge in [0, 0.05) is 11.9 Å². The maximum Gasteiger partial charge on any atom is 0.333 e. The van der Waals surface area contributed by atoms with Gasteiger partial charge in [-0.15, -0.1) is 0 Å². The zero-order valence-electron chi connectivity index (χ0n) is 9.27. The predicted octanol–water partition coefficient (Wildman–Crippen LogP) is 2.63. The first-order valence-corrected chi connectivity index (χ1v) is 5.93. The van der Waals surface area contributed by atoms with Crippen molar-refractivity contribution in [3.8, 4) is 0 Å². The van der Waals surface area contributed by atoms with Gasteiger partial charge in [-0.1, -0.05) is 23.9 Å². The first kappa shape index (κ1) is 11.1. The minimum absolute atomic E-state index is 0.287. The molecule has 0 unspecified atom stereocenters. The average molecular weight is 235 g/mol. The van der Waals surface area contributed by atoms with Gasteiger partial charge in [-0.3, -0.25) is 0 Å². The van der Waals surface area contributed by atoms with Crippen LogP contribution in [0.3, 0.4) is 0 Å². The molecule has 0 saturated carbocycles. The molecule has 1 heterocycles. The maximum atomic E-state index is 11.4. The molecule has 84 valence electrons. The van der Waals surface area contributed by atoms with E-state index in [9.17, 15) is 4.79 Å². The third-order valence-corrected chi connectivity index (χ3v) is 3.47. The van der Waals surface area contributed by atoms with E-state index in [-0.39, 0.29) is 5.97 Å². The largest absolute Gasteiger partial charge is 0.463 e. The fourth-order valence-corrected chi connectivity index (χ4v) is 2.60. The fourth-order valence-electron chi connectivity index (χ4n) is 1.53. The molecule has 0 radical (unpaired) electrons. The normalized spacial score (nSPS) is 16.4. The highest BCUT2D eigenvalue weighted by Crippen LogP contribution is 2.44. The summed E-state index contributed by atoms with van der Waals surface area (Å²) in [4.78, 5) is 14.5. The smallest absolute Gasteiger partial charge is 0.333 e. The lowest BCUT2D eigenvalue weighted by molar-refractivity contribution is -0.137. The average Bonchev–Trinajstić information content (AvgIpc) is 2.57. The number of para-hydroxylation sites is 1. The van der Waals surface area contributed by atoms with Crippen molar-refractivity contribution in [1.29, 1.82) is 0 Å². The van der Waals surface area contributed by atoms with Gasteiger partial charge in [0.05, 0.1) is 23.4 Å². The van der Waals surface area contributed by atoms with Crippen LogP contribution in [0.5, 0.6) is 0 Å². The molecule has 4 heteroatoms. The topological polar surface area (TPSA) is 29.5 Å². The third-order valence-electron chi connectivity index (χ3n) is 2.30. The molecular weight excluding hydrogens is 222 g/mol. The fraction of sp³-hybridized carbons (Fsp3) is 0.250. The number of carbonyl (C=O) groups is 1. The summed E-state index contributed by atoms with van der Waals surface area (Å²) in [5, 5.41) is 0.902. The van der Waals surface area contributed by atoms with Crippen molar-refractivity contribution in [2.75, 3.05) is 18.6 Å². The molecule has 0 fully saturated rings. The quantitative estimate of drug-likeness (QED) is 0.582. The summed E-state index contributed by atoms with van der Waals surface area (Å²) in [6.45, 7) is 2.21. The Morgan fingerprint density at radius 2 is 2.25 bits per heavy atom. The Morgan fingerprint density at radius 3 is 2.94 bits per heavy atom. The van der Waals surface area contributed by atoms with Crippen molar-refractivity contribution in [2.45, 2.75) is 11.8 Å². The molecule has 1 aromatic rings. The van der Waals surface area contributed by atoms with Crippen molar-refractivity contribution >= 4 is 23.4 Å². The van der Waals surface area contributed by atoms with Crippen LogP contribution in [-0.4, -0.2) is 19.6 Å². The van der Waals surface area contributed by atoms with Crippen molar-refractivity contribution in [3.63, 3.8) is 0 Å². The lowest BCUT2D eigenvalue weighted by Gasteiger charge is -2.12. The number of fused-ring (bicyclic) bond motifs is 1. The van der Waals surface area contributed by atoms with Crippen LogP contribution in [0.25, 0.3) is 0 Å². The number of ether oxygens (including phenoxy) is 1. The van der Waals surface area contributed by atoms with Crippen LogP contribution in [0, 0.1) is 0 Å². The summed E-state index contributed by atoms with van der Waals surface area (Å²) in [5.41, 5.74) is 1.13. The Bertz CT molecular complexity index is 442. The molecule has 0 spiro atoms.